The lowest BCUT2D eigenvalue weighted by atomic mass is 9.94. The summed E-state index contributed by atoms with van der Waals surface area (Å²) in [5.74, 6) is 3.03. The van der Waals surface area contributed by atoms with Crippen LogP contribution in [0.1, 0.15) is 11.1 Å². The highest BCUT2D eigenvalue weighted by molar-refractivity contribution is 5.86. The van der Waals surface area contributed by atoms with Gasteiger partial charge in [-0.3, -0.25) is 5.10 Å². The fourth-order valence-corrected chi connectivity index (χ4v) is 3.06. The zero-order valence-corrected chi connectivity index (χ0v) is 11.2. The summed E-state index contributed by atoms with van der Waals surface area (Å²) in [6.45, 7) is 1.30. The molecule has 2 aromatic rings. The summed E-state index contributed by atoms with van der Waals surface area (Å²) in [7, 11) is 1.67. The van der Waals surface area contributed by atoms with Crippen molar-refractivity contribution in [3.8, 4) is 28.4 Å². The van der Waals surface area contributed by atoms with Crippen LogP contribution < -0.4 is 19.9 Å². The van der Waals surface area contributed by atoms with E-state index in [0.717, 1.165) is 52.3 Å². The van der Waals surface area contributed by atoms with E-state index >= 15 is 0 Å². The van der Waals surface area contributed by atoms with Gasteiger partial charge < -0.3 is 19.9 Å². The van der Waals surface area contributed by atoms with Crippen LogP contribution in [0.4, 0.5) is 5.82 Å². The Morgan fingerprint density at radius 2 is 1.95 bits per heavy atom. The molecule has 1 aromatic carbocycles. The Bertz CT molecular complexity index is 658. The topological polar surface area (TPSA) is 82.4 Å². The van der Waals surface area contributed by atoms with Gasteiger partial charge in [-0.1, -0.05) is 0 Å². The molecule has 0 atom stereocenters. The second-order valence-corrected chi connectivity index (χ2v) is 4.92. The second-order valence-electron chi connectivity index (χ2n) is 4.92. The lowest BCUT2D eigenvalue weighted by molar-refractivity contribution is 0.324. The lowest BCUT2D eigenvalue weighted by Gasteiger charge is -2.16. The van der Waals surface area contributed by atoms with Crippen LogP contribution in [0.5, 0.6) is 17.2 Å². The number of hydrogen-bond donors (Lipinski definition) is 2. The van der Waals surface area contributed by atoms with E-state index in [-0.39, 0.29) is 0 Å². The van der Waals surface area contributed by atoms with Crippen LogP contribution in [-0.2, 0) is 12.8 Å². The van der Waals surface area contributed by atoms with Gasteiger partial charge >= 0.3 is 0 Å². The van der Waals surface area contributed by atoms with Crippen LogP contribution >= 0.6 is 0 Å². The van der Waals surface area contributed by atoms with E-state index in [2.05, 4.69) is 10.2 Å². The van der Waals surface area contributed by atoms with Crippen LogP contribution in [0.2, 0.25) is 0 Å². The molecule has 0 saturated heterocycles. The largest absolute Gasteiger partial charge is 0.492 e. The molecule has 3 N–H and O–H groups in total. The van der Waals surface area contributed by atoms with Gasteiger partial charge in [0.1, 0.15) is 11.6 Å². The van der Waals surface area contributed by atoms with E-state index in [1.807, 2.05) is 0 Å². The number of benzene rings is 1. The van der Waals surface area contributed by atoms with Crippen LogP contribution in [0.3, 0.4) is 0 Å². The highest BCUT2D eigenvalue weighted by Gasteiger charge is 2.33. The summed E-state index contributed by atoms with van der Waals surface area (Å²) in [5, 5.41) is 6.79. The molecule has 2 aliphatic heterocycles. The molecule has 3 heterocycles. The van der Waals surface area contributed by atoms with Crippen molar-refractivity contribution in [3.63, 3.8) is 0 Å². The summed E-state index contributed by atoms with van der Waals surface area (Å²) in [4.78, 5) is 0. The summed E-state index contributed by atoms with van der Waals surface area (Å²) in [6.07, 6.45) is 3.37. The molecule has 0 fully saturated rings. The van der Waals surface area contributed by atoms with Gasteiger partial charge in [0, 0.05) is 35.1 Å². The molecule has 6 nitrogen and oxygen atoms in total. The van der Waals surface area contributed by atoms with Gasteiger partial charge in [0.2, 0.25) is 0 Å². The Balaban J connectivity index is 2.07. The Kier molecular flexibility index (Phi) is 2.33. The molecule has 0 bridgehead atoms. The number of H-pyrrole nitrogens is 1. The number of aromatic amines is 1. The Hall–Kier alpha value is -2.37. The molecule has 0 radical (unpaired) electrons. The number of ether oxygens (including phenoxy) is 3. The molecular formula is C14H15N3O3. The SMILES string of the molecule is COc1c2c(c(-c3cn[nH]c3N)c3c1OCC3)OCC2. The van der Waals surface area contributed by atoms with E-state index < -0.39 is 0 Å². The zero-order chi connectivity index (χ0) is 13.7. The monoisotopic (exact) mass is 273 g/mol. The molecule has 4 rings (SSSR count). The van der Waals surface area contributed by atoms with Crippen molar-refractivity contribution in [2.45, 2.75) is 12.8 Å². The maximum atomic E-state index is 5.99. The first-order valence-electron chi connectivity index (χ1n) is 6.61. The molecular weight excluding hydrogens is 258 g/mol. The molecule has 6 heteroatoms. The summed E-state index contributed by atoms with van der Waals surface area (Å²) in [6, 6.07) is 0. The van der Waals surface area contributed by atoms with Crippen molar-refractivity contribution in [1.82, 2.24) is 10.2 Å². The molecule has 0 aliphatic carbocycles. The molecule has 20 heavy (non-hydrogen) atoms. The number of nitrogens with two attached hydrogens (primary N) is 1. The maximum absolute atomic E-state index is 5.99. The van der Waals surface area contributed by atoms with Crippen LogP contribution in [0.25, 0.3) is 11.1 Å². The number of nitrogens with zero attached hydrogens (tertiary/aromatic N) is 1. The Morgan fingerprint density at radius 1 is 1.20 bits per heavy atom. The third-order valence-electron chi connectivity index (χ3n) is 3.90. The zero-order valence-electron chi connectivity index (χ0n) is 11.2. The van der Waals surface area contributed by atoms with Crippen molar-refractivity contribution >= 4 is 5.82 Å². The first kappa shape index (κ1) is 11.5. The van der Waals surface area contributed by atoms with E-state index in [4.69, 9.17) is 19.9 Å². The predicted octanol–water partition coefficient (Wildman–Crippen LogP) is 1.54. The van der Waals surface area contributed by atoms with Crippen LogP contribution in [0.15, 0.2) is 6.20 Å². The number of aromatic nitrogens is 2. The van der Waals surface area contributed by atoms with Crippen molar-refractivity contribution in [2.75, 3.05) is 26.1 Å². The quantitative estimate of drug-likeness (QED) is 0.867. The summed E-state index contributed by atoms with van der Waals surface area (Å²) in [5.41, 5.74) is 10.0. The minimum atomic E-state index is 0.543. The smallest absolute Gasteiger partial charge is 0.168 e. The van der Waals surface area contributed by atoms with Gasteiger partial charge in [-0.15, -0.1) is 0 Å². The average molecular weight is 273 g/mol. The number of fused-ring (bicyclic) bond motifs is 2. The number of rotatable bonds is 2. The van der Waals surface area contributed by atoms with Crippen LogP contribution in [-0.4, -0.2) is 30.5 Å². The predicted molar refractivity (Wildman–Crippen MR) is 73.4 cm³/mol. The van der Waals surface area contributed by atoms with E-state index in [9.17, 15) is 0 Å². The first-order chi connectivity index (χ1) is 9.81. The summed E-state index contributed by atoms with van der Waals surface area (Å²) >= 11 is 0. The molecule has 1 aromatic heterocycles. The number of nitrogen functional groups attached to an aromatic ring is 1. The van der Waals surface area contributed by atoms with Crippen LogP contribution in [0, 0.1) is 0 Å². The van der Waals surface area contributed by atoms with E-state index in [1.165, 1.54) is 0 Å². The molecule has 104 valence electrons. The summed E-state index contributed by atoms with van der Waals surface area (Å²) < 4.78 is 17.2. The molecule has 0 amide bonds. The fraction of sp³-hybridized carbons (Fsp3) is 0.357. The third kappa shape index (κ3) is 1.36. The number of hydrogen-bond acceptors (Lipinski definition) is 5. The average Bonchev–Trinajstić information content (AvgIpc) is 3.15. The van der Waals surface area contributed by atoms with Gasteiger partial charge in [-0.05, 0) is 0 Å². The molecule has 0 spiro atoms. The van der Waals surface area contributed by atoms with Gasteiger partial charge in [-0.25, -0.2) is 0 Å². The van der Waals surface area contributed by atoms with Gasteiger partial charge in [-0.2, -0.15) is 5.10 Å². The highest BCUT2D eigenvalue weighted by atomic mass is 16.5. The normalized spacial score (nSPS) is 15.4. The van der Waals surface area contributed by atoms with Gasteiger partial charge in [0.15, 0.2) is 11.5 Å². The molecule has 0 saturated carbocycles. The van der Waals surface area contributed by atoms with Crippen molar-refractivity contribution < 1.29 is 14.2 Å². The molecule has 2 aliphatic rings. The standard InChI is InChI=1S/C14H15N3O3/c1-18-12-8-3-5-19-11(8)10(7-2-4-20-13(7)12)9-6-16-17-14(9)15/h6H,2-5H2,1H3,(H3,15,16,17). The van der Waals surface area contributed by atoms with Crippen molar-refractivity contribution in [1.29, 1.82) is 0 Å². The van der Waals surface area contributed by atoms with Crippen molar-refractivity contribution in [2.24, 2.45) is 0 Å². The van der Waals surface area contributed by atoms with E-state index in [1.54, 1.807) is 13.3 Å². The fourth-order valence-electron chi connectivity index (χ4n) is 3.06. The van der Waals surface area contributed by atoms with Crippen molar-refractivity contribution in [3.05, 3.63) is 17.3 Å². The van der Waals surface area contributed by atoms with Gasteiger partial charge in [0.05, 0.1) is 26.5 Å². The minimum absolute atomic E-state index is 0.543. The second kappa shape index (κ2) is 4.06. The first-order valence-corrected chi connectivity index (χ1v) is 6.61. The minimum Gasteiger partial charge on any atom is -0.492 e. The lowest BCUT2D eigenvalue weighted by Crippen LogP contribution is -1.97. The van der Waals surface area contributed by atoms with E-state index in [0.29, 0.717) is 19.0 Å². The number of methoxy groups -OCH3 is 1. The highest BCUT2D eigenvalue weighted by Crippen LogP contribution is 2.53. The van der Waals surface area contributed by atoms with Gasteiger partial charge in [0.25, 0.3) is 0 Å². The number of anilines is 1. The number of nitrogens with one attached hydrogen (secondary N) is 1. The maximum Gasteiger partial charge on any atom is 0.168 e. The Labute approximate surface area is 115 Å². The Morgan fingerprint density at radius 3 is 2.65 bits per heavy atom. The molecule has 0 unspecified atom stereocenters. The third-order valence-corrected chi connectivity index (χ3v) is 3.90.